The number of halogens is 2. The third-order valence-electron chi connectivity index (χ3n) is 2.05. The van der Waals surface area contributed by atoms with Crippen molar-refractivity contribution in [2.45, 2.75) is 25.1 Å². The molecule has 1 heterocycles. The lowest BCUT2D eigenvalue weighted by Gasteiger charge is -2.09. The van der Waals surface area contributed by atoms with Crippen molar-refractivity contribution in [3.8, 4) is 0 Å². The highest BCUT2D eigenvalue weighted by Gasteiger charge is 2.09. The van der Waals surface area contributed by atoms with E-state index in [1.807, 2.05) is 6.92 Å². The molecule has 3 nitrogen and oxygen atoms in total. The van der Waals surface area contributed by atoms with Crippen LogP contribution in [0.2, 0.25) is 0 Å². The van der Waals surface area contributed by atoms with Crippen LogP contribution in [0.15, 0.2) is 18.3 Å². The van der Waals surface area contributed by atoms with E-state index in [1.165, 1.54) is 12.1 Å². The molecule has 0 radical (unpaired) electrons. The number of carbonyl (C=O) groups excluding carboxylic acids is 1. The van der Waals surface area contributed by atoms with Gasteiger partial charge in [-0.25, -0.2) is 9.37 Å². The number of rotatable bonds is 5. The molecule has 0 aliphatic carbocycles. The van der Waals surface area contributed by atoms with E-state index in [0.717, 1.165) is 19.0 Å². The standard InChI is InChI=1S/C11H14ClFN2O/c1-2-3-8(12)6-15-11(16)10-5-4-9(13)7-14-10/h4-5,7-8H,2-3,6H2,1H3,(H,15,16). The fourth-order valence-electron chi connectivity index (χ4n) is 1.22. The van der Waals surface area contributed by atoms with Crippen molar-refractivity contribution in [3.05, 3.63) is 29.8 Å². The van der Waals surface area contributed by atoms with E-state index in [0.29, 0.717) is 6.54 Å². The van der Waals surface area contributed by atoms with E-state index in [9.17, 15) is 9.18 Å². The number of pyridine rings is 1. The number of hydrogen-bond acceptors (Lipinski definition) is 2. The summed E-state index contributed by atoms with van der Waals surface area (Å²) in [4.78, 5) is 15.2. The van der Waals surface area contributed by atoms with Crippen LogP contribution in [0.1, 0.15) is 30.3 Å². The van der Waals surface area contributed by atoms with Gasteiger partial charge in [-0.05, 0) is 18.6 Å². The van der Waals surface area contributed by atoms with Crippen LogP contribution in [-0.4, -0.2) is 22.8 Å². The average Bonchev–Trinajstić information content (AvgIpc) is 2.27. The minimum atomic E-state index is -0.460. The second kappa shape index (κ2) is 6.43. The van der Waals surface area contributed by atoms with E-state index in [4.69, 9.17) is 11.6 Å². The first-order chi connectivity index (χ1) is 7.63. The normalized spacial score (nSPS) is 12.2. The number of aromatic nitrogens is 1. The largest absolute Gasteiger partial charge is 0.349 e. The monoisotopic (exact) mass is 244 g/mol. The lowest BCUT2D eigenvalue weighted by molar-refractivity contribution is 0.0948. The predicted molar refractivity (Wildman–Crippen MR) is 61.1 cm³/mol. The Morgan fingerprint density at radius 1 is 1.62 bits per heavy atom. The maximum absolute atomic E-state index is 12.5. The van der Waals surface area contributed by atoms with Gasteiger partial charge in [0.2, 0.25) is 0 Å². The molecule has 1 atom stereocenters. The lowest BCUT2D eigenvalue weighted by Crippen LogP contribution is -2.30. The van der Waals surface area contributed by atoms with Gasteiger partial charge in [-0.1, -0.05) is 13.3 Å². The van der Waals surface area contributed by atoms with E-state index in [2.05, 4.69) is 10.3 Å². The molecule has 5 heteroatoms. The van der Waals surface area contributed by atoms with Crippen LogP contribution >= 0.6 is 11.6 Å². The highest BCUT2D eigenvalue weighted by atomic mass is 35.5. The van der Waals surface area contributed by atoms with Crippen molar-refractivity contribution in [1.29, 1.82) is 0 Å². The zero-order valence-electron chi connectivity index (χ0n) is 9.04. The van der Waals surface area contributed by atoms with Crippen LogP contribution in [-0.2, 0) is 0 Å². The Hall–Kier alpha value is -1.16. The number of alkyl halides is 1. The van der Waals surface area contributed by atoms with Crippen molar-refractivity contribution in [2.24, 2.45) is 0 Å². The van der Waals surface area contributed by atoms with Crippen molar-refractivity contribution in [2.75, 3.05) is 6.54 Å². The summed E-state index contributed by atoms with van der Waals surface area (Å²) < 4.78 is 12.5. The topological polar surface area (TPSA) is 42.0 Å². The molecule has 0 saturated carbocycles. The molecule has 1 N–H and O–H groups in total. The van der Waals surface area contributed by atoms with Crippen molar-refractivity contribution in [3.63, 3.8) is 0 Å². The van der Waals surface area contributed by atoms with E-state index in [-0.39, 0.29) is 17.0 Å². The molecule has 1 rings (SSSR count). The molecule has 1 aromatic heterocycles. The SMILES string of the molecule is CCCC(Cl)CNC(=O)c1ccc(F)cn1. The summed E-state index contributed by atoms with van der Waals surface area (Å²) in [7, 11) is 0. The summed E-state index contributed by atoms with van der Waals surface area (Å²) in [5.74, 6) is -0.792. The molecule has 88 valence electrons. The molecule has 1 unspecified atom stereocenters. The molecular weight excluding hydrogens is 231 g/mol. The maximum Gasteiger partial charge on any atom is 0.269 e. The highest BCUT2D eigenvalue weighted by Crippen LogP contribution is 2.04. The predicted octanol–water partition coefficient (Wildman–Crippen LogP) is 2.36. The van der Waals surface area contributed by atoms with Gasteiger partial charge in [0.15, 0.2) is 0 Å². The third-order valence-corrected chi connectivity index (χ3v) is 2.42. The Bertz CT molecular complexity index is 342. The van der Waals surface area contributed by atoms with Gasteiger partial charge in [0.1, 0.15) is 11.5 Å². The zero-order valence-corrected chi connectivity index (χ0v) is 9.80. The molecule has 0 spiro atoms. The van der Waals surface area contributed by atoms with Gasteiger partial charge in [-0.2, -0.15) is 0 Å². The van der Waals surface area contributed by atoms with Crippen LogP contribution in [0, 0.1) is 5.82 Å². The fourth-order valence-corrected chi connectivity index (χ4v) is 1.51. The first-order valence-electron chi connectivity index (χ1n) is 5.17. The van der Waals surface area contributed by atoms with Gasteiger partial charge in [0.05, 0.1) is 11.6 Å². The van der Waals surface area contributed by atoms with Crippen LogP contribution in [0.5, 0.6) is 0 Å². The lowest BCUT2D eigenvalue weighted by atomic mass is 10.2. The summed E-state index contributed by atoms with van der Waals surface area (Å²) in [5, 5.41) is 2.57. The smallest absolute Gasteiger partial charge is 0.269 e. The number of nitrogens with one attached hydrogen (secondary N) is 1. The summed E-state index contributed by atoms with van der Waals surface area (Å²) in [6.07, 6.45) is 2.83. The third kappa shape index (κ3) is 4.14. The minimum Gasteiger partial charge on any atom is -0.349 e. The molecule has 1 aromatic rings. The molecule has 0 saturated heterocycles. The van der Waals surface area contributed by atoms with Crippen LogP contribution in [0.25, 0.3) is 0 Å². The number of hydrogen-bond donors (Lipinski definition) is 1. The van der Waals surface area contributed by atoms with Crippen LogP contribution in [0.3, 0.4) is 0 Å². The first-order valence-corrected chi connectivity index (χ1v) is 5.61. The van der Waals surface area contributed by atoms with Crippen LogP contribution < -0.4 is 5.32 Å². The van der Waals surface area contributed by atoms with Gasteiger partial charge < -0.3 is 5.32 Å². The van der Waals surface area contributed by atoms with Crippen LogP contribution in [0.4, 0.5) is 4.39 Å². The molecule has 0 aromatic carbocycles. The maximum atomic E-state index is 12.5. The fraction of sp³-hybridized carbons (Fsp3) is 0.455. The van der Waals surface area contributed by atoms with Gasteiger partial charge in [-0.3, -0.25) is 4.79 Å². The minimum absolute atomic E-state index is 0.0746. The average molecular weight is 245 g/mol. The van der Waals surface area contributed by atoms with E-state index in [1.54, 1.807) is 0 Å². The first kappa shape index (κ1) is 12.9. The van der Waals surface area contributed by atoms with Gasteiger partial charge in [-0.15, -0.1) is 11.6 Å². The Labute approximate surface area is 99.0 Å². The van der Waals surface area contributed by atoms with Crippen molar-refractivity contribution in [1.82, 2.24) is 10.3 Å². The Kier molecular flexibility index (Phi) is 5.19. The number of carbonyl (C=O) groups is 1. The number of amides is 1. The Balaban J connectivity index is 2.43. The van der Waals surface area contributed by atoms with Gasteiger partial charge >= 0.3 is 0 Å². The van der Waals surface area contributed by atoms with E-state index >= 15 is 0 Å². The summed E-state index contributed by atoms with van der Waals surface area (Å²) in [6, 6.07) is 2.54. The molecule has 0 bridgehead atoms. The second-order valence-electron chi connectivity index (χ2n) is 3.46. The zero-order chi connectivity index (χ0) is 12.0. The van der Waals surface area contributed by atoms with E-state index < -0.39 is 5.82 Å². The summed E-state index contributed by atoms with van der Waals surface area (Å²) in [5.41, 5.74) is 0.196. The summed E-state index contributed by atoms with van der Waals surface area (Å²) >= 11 is 5.94. The molecule has 0 fully saturated rings. The Morgan fingerprint density at radius 3 is 2.94 bits per heavy atom. The molecular formula is C11H14ClFN2O. The van der Waals surface area contributed by atoms with Crippen molar-refractivity contribution >= 4 is 17.5 Å². The molecule has 16 heavy (non-hydrogen) atoms. The number of nitrogens with zero attached hydrogens (tertiary/aromatic N) is 1. The van der Waals surface area contributed by atoms with Crippen molar-refractivity contribution < 1.29 is 9.18 Å². The Morgan fingerprint density at radius 2 is 2.38 bits per heavy atom. The molecule has 0 aliphatic heterocycles. The second-order valence-corrected chi connectivity index (χ2v) is 4.07. The highest BCUT2D eigenvalue weighted by molar-refractivity contribution is 6.20. The quantitative estimate of drug-likeness (QED) is 0.808. The molecule has 1 amide bonds. The van der Waals surface area contributed by atoms with Gasteiger partial charge in [0.25, 0.3) is 5.91 Å². The van der Waals surface area contributed by atoms with Gasteiger partial charge in [0, 0.05) is 6.54 Å². The summed E-state index contributed by atoms with van der Waals surface area (Å²) in [6.45, 7) is 2.42. The molecule has 0 aliphatic rings.